The zero-order valence-corrected chi connectivity index (χ0v) is 7.77. The SMILES string of the molecule is COC(=O)C1CC(O)CN[C@H]1C(=O)O. The van der Waals surface area contributed by atoms with Crippen LogP contribution in [0.1, 0.15) is 6.42 Å². The minimum Gasteiger partial charge on any atom is -0.480 e. The van der Waals surface area contributed by atoms with Gasteiger partial charge in [-0.25, -0.2) is 0 Å². The molecule has 1 saturated heterocycles. The van der Waals surface area contributed by atoms with E-state index in [1.54, 1.807) is 0 Å². The molecule has 0 saturated carbocycles. The highest BCUT2D eigenvalue weighted by atomic mass is 16.5. The molecule has 0 bridgehead atoms. The minimum absolute atomic E-state index is 0.122. The van der Waals surface area contributed by atoms with E-state index in [1.165, 1.54) is 7.11 Å². The predicted molar refractivity (Wildman–Crippen MR) is 45.6 cm³/mol. The summed E-state index contributed by atoms with van der Waals surface area (Å²) in [6.45, 7) is 0.185. The standard InChI is InChI=1S/C8H13NO5/c1-14-8(13)5-2-4(10)3-9-6(5)7(11)12/h4-6,9-10H,2-3H2,1H3,(H,11,12)/t4?,5?,6-/m1/s1. The van der Waals surface area contributed by atoms with Gasteiger partial charge in [-0.05, 0) is 6.42 Å². The van der Waals surface area contributed by atoms with Gasteiger partial charge in [0.1, 0.15) is 6.04 Å². The number of nitrogens with one attached hydrogen (secondary N) is 1. The van der Waals surface area contributed by atoms with E-state index in [2.05, 4.69) is 10.1 Å². The minimum atomic E-state index is -1.10. The number of ether oxygens (including phenoxy) is 1. The van der Waals surface area contributed by atoms with Gasteiger partial charge in [0.25, 0.3) is 0 Å². The number of β-amino-alcohol motifs (C(OH)–C–C–N with tert-alkyl or cyclic N) is 1. The molecule has 80 valence electrons. The van der Waals surface area contributed by atoms with Crippen LogP contribution in [0.2, 0.25) is 0 Å². The number of piperidine rings is 1. The fourth-order valence-electron chi connectivity index (χ4n) is 1.56. The molecule has 0 spiro atoms. The van der Waals surface area contributed by atoms with Crippen LogP contribution in [0.15, 0.2) is 0 Å². The van der Waals surface area contributed by atoms with Gasteiger partial charge in [-0.1, -0.05) is 0 Å². The summed E-state index contributed by atoms with van der Waals surface area (Å²) in [5, 5.41) is 20.6. The lowest BCUT2D eigenvalue weighted by molar-refractivity contribution is -0.156. The van der Waals surface area contributed by atoms with Gasteiger partial charge in [0.05, 0.1) is 19.1 Å². The van der Waals surface area contributed by atoms with Crippen molar-refractivity contribution in [1.82, 2.24) is 5.32 Å². The normalized spacial score (nSPS) is 32.3. The summed E-state index contributed by atoms with van der Waals surface area (Å²) < 4.78 is 4.47. The average Bonchev–Trinajstić information content (AvgIpc) is 2.16. The first-order valence-electron chi connectivity index (χ1n) is 4.28. The third kappa shape index (κ3) is 2.21. The summed E-state index contributed by atoms with van der Waals surface area (Å²) in [5.74, 6) is -2.53. The molecule has 1 fully saturated rings. The molecule has 0 amide bonds. The second-order valence-electron chi connectivity index (χ2n) is 3.24. The second kappa shape index (κ2) is 4.39. The molecule has 1 rings (SSSR count). The van der Waals surface area contributed by atoms with Crippen molar-refractivity contribution in [2.45, 2.75) is 18.6 Å². The van der Waals surface area contributed by atoms with Crippen molar-refractivity contribution in [3.63, 3.8) is 0 Å². The molecular formula is C8H13NO5. The first kappa shape index (κ1) is 10.9. The van der Waals surface area contributed by atoms with Gasteiger partial charge in [0, 0.05) is 6.54 Å². The number of carboxylic acids is 1. The summed E-state index contributed by atoms with van der Waals surface area (Å²) in [4.78, 5) is 21.9. The summed E-state index contributed by atoms with van der Waals surface area (Å²) in [5.41, 5.74) is 0. The fraction of sp³-hybridized carbons (Fsp3) is 0.750. The van der Waals surface area contributed by atoms with Crippen LogP contribution in [0.3, 0.4) is 0 Å². The number of carboxylic acid groups (broad SMARTS) is 1. The number of carbonyl (C=O) groups is 2. The van der Waals surface area contributed by atoms with E-state index < -0.39 is 30.0 Å². The molecule has 1 heterocycles. The van der Waals surface area contributed by atoms with Crippen molar-refractivity contribution in [1.29, 1.82) is 0 Å². The van der Waals surface area contributed by atoms with Crippen molar-refractivity contribution in [2.24, 2.45) is 5.92 Å². The van der Waals surface area contributed by atoms with Gasteiger partial charge >= 0.3 is 11.9 Å². The largest absolute Gasteiger partial charge is 0.480 e. The Kier molecular flexibility index (Phi) is 3.43. The smallest absolute Gasteiger partial charge is 0.321 e. The Morgan fingerprint density at radius 1 is 1.50 bits per heavy atom. The van der Waals surface area contributed by atoms with Gasteiger partial charge in [-0.15, -0.1) is 0 Å². The Morgan fingerprint density at radius 3 is 2.64 bits per heavy atom. The Balaban J connectivity index is 2.73. The van der Waals surface area contributed by atoms with E-state index in [-0.39, 0.29) is 13.0 Å². The Morgan fingerprint density at radius 2 is 2.14 bits per heavy atom. The molecule has 0 radical (unpaired) electrons. The molecule has 0 aromatic carbocycles. The van der Waals surface area contributed by atoms with E-state index >= 15 is 0 Å². The lowest BCUT2D eigenvalue weighted by Crippen LogP contribution is -2.54. The first-order valence-corrected chi connectivity index (χ1v) is 4.28. The maximum absolute atomic E-state index is 11.2. The maximum Gasteiger partial charge on any atom is 0.321 e. The molecule has 3 N–H and O–H groups in total. The molecule has 0 aromatic heterocycles. The van der Waals surface area contributed by atoms with Crippen LogP contribution in [-0.4, -0.2) is 48.0 Å². The molecule has 14 heavy (non-hydrogen) atoms. The summed E-state index contributed by atoms with van der Waals surface area (Å²) in [6.07, 6.45) is -0.578. The van der Waals surface area contributed by atoms with Crippen molar-refractivity contribution in [3.05, 3.63) is 0 Å². The van der Waals surface area contributed by atoms with Crippen LogP contribution < -0.4 is 5.32 Å². The topological polar surface area (TPSA) is 95.9 Å². The Labute approximate surface area is 80.9 Å². The van der Waals surface area contributed by atoms with Crippen LogP contribution in [0, 0.1) is 5.92 Å². The zero-order valence-electron chi connectivity index (χ0n) is 7.77. The maximum atomic E-state index is 11.2. The molecule has 1 aliphatic rings. The van der Waals surface area contributed by atoms with Crippen LogP contribution in [-0.2, 0) is 14.3 Å². The van der Waals surface area contributed by atoms with Crippen molar-refractivity contribution in [2.75, 3.05) is 13.7 Å². The second-order valence-corrected chi connectivity index (χ2v) is 3.24. The van der Waals surface area contributed by atoms with Gasteiger partial charge in [0.15, 0.2) is 0 Å². The number of esters is 1. The van der Waals surface area contributed by atoms with Crippen LogP contribution >= 0.6 is 0 Å². The average molecular weight is 203 g/mol. The molecular weight excluding hydrogens is 190 g/mol. The number of aliphatic hydroxyl groups excluding tert-OH is 1. The fourth-order valence-corrected chi connectivity index (χ4v) is 1.56. The number of aliphatic hydroxyl groups is 1. The van der Waals surface area contributed by atoms with Crippen molar-refractivity contribution < 1.29 is 24.5 Å². The van der Waals surface area contributed by atoms with Crippen molar-refractivity contribution in [3.8, 4) is 0 Å². The zero-order chi connectivity index (χ0) is 10.7. The van der Waals surface area contributed by atoms with Crippen molar-refractivity contribution >= 4 is 11.9 Å². The number of rotatable bonds is 2. The lowest BCUT2D eigenvalue weighted by Gasteiger charge is -2.30. The lowest BCUT2D eigenvalue weighted by atomic mass is 9.89. The predicted octanol–water partition coefficient (Wildman–Crippen LogP) is -1.42. The van der Waals surface area contributed by atoms with E-state index in [1.807, 2.05) is 0 Å². The summed E-state index contributed by atoms with van der Waals surface area (Å²) >= 11 is 0. The van der Waals surface area contributed by atoms with E-state index in [0.29, 0.717) is 0 Å². The van der Waals surface area contributed by atoms with E-state index in [9.17, 15) is 14.7 Å². The van der Waals surface area contributed by atoms with Crippen LogP contribution in [0.25, 0.3) is 0 Å². The number of aliphatic carboxylic acids is 1. The van der Waals surface area contributed by atoms with Gasteiger partial charge in [-0.2, -0.15) is 0 Å². The molecule has 3 atom stereocenters. The van der Waals surface area contributed by atoms with E-state index in [0.717, 1.165) is 0 Å². The molecule has 6 nitrogen and oxygen atoms in total. The number of hydrogen-bond donors (Lipinski definition) is 3. The summed E-state index contributed by atoms with van der Waals surface area (Å²) in [7, 11) is 1.20. The molecule has 6 heteroatoms. The third-order valence-corrected chi connectivity index (χ3v) is 2.27. The summed E-state index contributed by atoms with van der Waals surface area (Å²) in [6, 6.07) is -0.967. The highest BCUT2D eigenvalue weighted by molar-refractivity contribution is 5.83. The van der Waals surface area contributed by atoms with E-state index in [4.69, 9.17) is 5.11 Å². The molecule has 0 aromatic rings. The molecule has 2 unspecified atom stereocenters. The van der Waals surface area contributed by atoms with Gasteiger partial charge < -0.3 is 20.3 Å². The molecule has 0 aliphatic carbocycles. The highest BCUT2D eigenvalue weighted by Crippen LogP contribution is 2.18. The molecule has 1 aliphatic heterocycles. The number of methoxy groups -OCH3 is 1. The highest BCUT2D eigenvalue weighted by Gasteiger charge is 2.39. The van der Waals surface area contributed by atoms with Crippen LogP contribution in [0.4, 0.5) is 0 Å². The Hall–Kier alpha value is -1.14. The number of carbonyl (C=O) groups excluding carboxylic acids is 1. The van der Waals surface area contributed by atoms with Gasteiger partial charge in [0.2, 0.25) is 0 Å². The Bertz CT molecular complexity index is 242. The van der Waals surface area contributed by atoms with Gasteiger partial charge in [-0.3, -0.25) is 9.59 Å². The number of hydrogen-bond acceptors (Lipinski definition) is 5. The quantitative estimate of drug-likeness (QED) is 0.477. The first-order chi connectivity index (χ1) is 6.56. The third-order valence-electron chi connectivity index (χ3n) is 2.27. The monoisotopic (exact) mass is 203 g/mol. The van der Waals surface area contributed by atoms with Crippen LogP contribution in [0.5, 0.6) is 0 Å².